The van der Waals surface area contributed by atoms with Crippen LogP contribution in [-0.4, -0.2) is 6.21 Å². The standard InChI is InChI=1S/C20H16N2OS2/c21-12-17-16-8-4-5-9-18(16)25-20(17)22-13-14-10-11-19(23-14)24-15-6-2-1-3-7-15/h1-3,6-7,10-11,13H,4-5,8-9H2. The Morgan fingerprint density at radius 1 is 1.12 bits per heavy atom. The Morgan fingerprint density at radius 3 is 2.80 bits per heavy atom. The van der Waals surface area contributed by atoms with Crippen molar-refractivity contribution in [1.82, 2.24) is 0 Å². The van der Waals surface area contributed by atoms with E-state index in [9.17, 15) is 5.26 Å². The van der Waals surface area contributed by atoms with Crippen LogP contribution in [0.15, 0.2) is 61.9 Å². The Morgan fingerprint density at radius 2 is 1.96 bits per heavy atom. The van der Waals surface area contributed by atoms with Crippen molar-refractivity contribution in [2.24, 2.45) is 4.99 Å². The predicted molar refractivity (Wildman–Crippen MR) is 102 cm³/mol. The third kappa shape index (κ3) is 3.55. The van der Waals surface area contributed by atoms with Crippen LogP contribution in [0.4, 0.5) is 5.00 Å². The van der Waals surface area contributed by atoms with Gasteiger partial charge in [0, 0.05) is 9.77 Å². The number of furan rings is 1. The molecule has 0 spiro atoms. The molecule has 1 aliphatic carbocycles. The van der Waals surface area contributed by atoms with Gasteiger partial charge in [-0.15, -0.1) is 11.3 Å². The van der Waals surface area contributed by atoms with Gasteiger partial charge in [0.2, 0.25) is 0 Å². The highest BCUT2D eigenvalue weighted by Crippen LogP contribution is 2.39. The van der Waals surface area contributed by atoms with Crippen molar-refractivity contribution in [2.75, 3.05) is 0 Å². The van der Waals surface area contributed by atoms with Crippen molar-refractivity contribution < 1.29 is 4.42 Å². The van der Waals surface area contributed by atoms with Crippen LogP contribution < -0.4 is 0 Å². The molecule has 0 saturated heterocycles. The summed E-state index contributed by atoms with van der Waals surface area (Å²) in [6.07, 6.45) is 6.17. The fourth-order valence-corrected chi connectivity index (χ4v) is 4.93. The van der Waals surface area contributed by atoms with Crippen LogP contribution in [0, 0.1) is 11.3 Å². The molecule has 0 atom stereocenters. The molecule has 0 radical (unpaired) electrons. The Hall–Kier alpha value is -2.29. The van der Waals surface area contributed by atoms with E-state index in [1.54, 1.807) is 29.3 Å². The van der Waals surface area contributed by atoms with Gasteiger partial charge in [0.15, 0.2) is 5.09 Å². The summed E-state index contributed by atoms with van der Waals surface area (Å²) < 4.78 is 5.82. The number of nitrogens with zero attached hydrogens (tertiary/aromatic N) is 2. The van der Waals surface area contributed by atoms with Crippen molar-refractivity contribution in [3.8, 4) is 6.07 Å². The topological polar surface area (TPSA) is 49.3 Å². The Labute approximate surface area is 155 Å². The first kappa shape index (κ1) is 16.2. The zero-order valence-corrected chi connectivity index (χ0v) is 15.2. The van der Waals surface area contributed by atoms with Crippen LogP contribution in [0.25, 0.3) is 0 Å². The second-order valence-electron chi connectivity index (χ2n) is 5.83. The largest absolute Gasteiger partial charge is 0.449 e. The molecule has 4 rings (SSSR count). The predicted octanol–water partition coefficient (Wildman–Crippen LogP) is 5.99. The summed E-state index contributed by atoms with van der Waals surface area (Å²) >= 11 is 3.23. The van der Waals surface area contributed by atoms with Crippen molar-refractivity contribution >= 4 is 34.3 Å². The summed E-state index contributed by atoms with van der Waals surface area (Å²) in [6.45, 7) is 0. The first-order chi connectivity index (χ1) is 12.3. The molecule has 0 saturated carbocycles. The molecule has 0 unspecified atom stereocenters. The average Bonchev–Trinajstić information content (AvgIpc) is 3.24. The van der Waals surface area contributed by atoms with Crippen LogP contribution in [0.5, 0.6) is 0 Å². The second kappa shape index (κ2) is 7.30. The Bertz CT molecular complexity index is 948. The number of benzene rings is 1. The Balaban J connectivity index is 1.53. The fourth-order valence-electron chi connectivity index (χ4n) is 2.94. The minimum absolute atomic E-state index is 0.702. The SMILES string of the molecule is N#Cc1c(N=Cc2ccc(Sc3ccccc3)o2)sc2c1CCCC2. The number of aryl methyl sites for hydroxylation is 1. The summed E-state index contributed by atoms with van der Waals surface area (Å²) in [5.74, 6) is 0.702. The maximum absolute atomic E-state index is 9.48. The highest BCUT2D eigenvalue weighted by atomic mass is 32.2. The molecule has 2 aromatic heterocycles. The van der Waals surface area contributed by atoms with Gasteiger partial charge in [0.1, 0.15) is 16.8 Å². The van der Waals surface area contributed by atoms with Crippen LogP contribution in [0.1, 0.15) is 34.6 Å². The fraction of sp³-hybridized carbons (Fsp3) is 0.200. The lowest BCUT2D eigenvalue weighted by atomic mass is 9.96. The van der Waals surface area contributed by atoms with E-state index in [4.69, 9.17) is 4.42 Å². The zero-order valence-electron chi connectivity index (χ0n) is 13.6. The van der Waals surface area contributed by atoms with Gasteiger partial charge in [-0.25, -0.2) is 4.99 Å². The highest BCUT2D eigenvalue weighted by molar-refractivity contribution is 7.99. The summed E-state index contributed by atoms with van der Waals surface area (Å²) in [7, 11) is 0. The number of nitriles is 1. The summed E-state index contributed by atoms with van der Waals surface area (Å²) in [4.78, 5) is 7.01. The molecule has 1 aromatic carbocycles. The third-order valence-corrected chi connectivity index (χ3v) is 6.27. The van der Waals surface area contributed by atoms with E-state index in [2.05, 4.69) is 23.2 Å². The molecule has 0 bridgehead atoms. The summed E-state index contributed by atoms with van der Waals surface area (Å²) in [6, 6.07) is 16.3. The van der Waals surface area contributed by atoms with E-state index in [0.717, 1.165) is 33.4 Å². The van der Waals surface area contributed by atoms with E-state index >= 15 is 0 Å². The zero-order chi connectivity index (χ0) is 17.1. The molecule has 0 fully saturated rings. The molecule has 0 N–H and O–H groups in total. The monoisotopic (exact) mass is 364 g/mol. The lowest BCUT2D eigenvalue weighted by Crippen LogP contribution is -1.99. The van der Waals surface area contributed by atoms with E-state index < -0.39 is 0 Å². The molecule has 3 aromatic rings. The van der Waals surface area contributed by atoms with Crippen molar-refractivity contribution in [2.45, 2.75) is 35.7 Å². The molecular weight excluding hydrogens is 348 g/mol. The van der Waals surface area contributed by atoms with Gasteiger partial charge in [-0.05, 0) is 55.5 Å². The van der Waals surface area contributed by atoms with Crippen LogP contribution in [-0.2, 0) is 12.8 Å². The maximum atomic E-state index is 9.48. The van der Waals surface area contributed by atoms with Crippen molar-refractivity contribution in [3.05, 3.63) is 64.2 Å². The normalized spacial score (nSPS) is 13.7. The maximum Gasteiger partial charge on any atom is 0.165 e. The highest BCUT2D eigenvalue weighted by Gasteiger charge is 2.20. The third-order valence-electron chi connectivity index (χ3n) is 4.14. The summed E-state index contributed by atoms with van der Waals surface area (Å²) in [5.41, 5.74) is 1.96. The molecule has 0 amide bonds. The Kier molecular flexibility index (Phi) is 4.73. The quantitative estimate of drug-likeness (QED) is 0.534. The lowest BCUT2D eigenvalue weighted by Gasteiger charge is -2.09. The van der Waals surface area contributed by atoms with Crippen LogP contribution in [0.3, 0.4) is 0 Å². The smallest absolute Gasteiger partial charge is 0.165 e. The molecule has 3 nitrogen and oxygen atoms in total. The molecule has 2 heterocycles. The molecule has 0 aliphatic heterocycles. The van der Waals surface area contributed by atoms with Crippen molar-refractivity contribution in [1.29, 1.82) is 5.26 Å². The molecule has 5 heteroatoms. The molecule has 1 aliphatic rings. The minimum atomic E-state index is 0.702. The van der Waals surface area contributed by atoms with Gasteiger partial charge in [0.05, 0.1) is 11.8 Å². The van der Waals surface area contributed by atoms with E-state index in [0.29, 0.717) is 5.76 Å². The second-order valence-corrected chi connectivity index (χ2v) is 7.99. The minimum Gasteiger partial charge on any atom is -0.449 e. The van der Waals surface area contributed by atoms with Gasteiger partial charge < -0.3 is 4.42 Å². The summed E-state index contributed by atoms with van der Waals surface area (Å²) in [5, 5.41) is 11.1. The molecule has 25 heavy (non-hydrogen) atoms. The van der Waals surface area contributed by atoms with Gasteiger partial charge in [0.25, 0.3) is 0 Å². The molecular formula is C20H16N2OS2. The van der Waals surface area contributed by atoms with Gasteiger partial charge in [-0.3, -0.25) is 0 Å². The lowest BCUT2D eigenvalue weighted by molar-refractivity contribution is 0.469. The number of rotatable bonds is 4. The average molecular weight is 364 g/mol. The van der Waals surface area contributed by atoms with Gasteiger partial charge in [-0.2, -0.15) is 5.26 Å². The van der Waals surface area contributed by atoms with Crippen LogP contribution in [0.2, 0.25) is 0 Å². The molecule has 124 valence electrons. The van der Waals surface area contributed by atoms with Crippen molar-refractivity contribution in [3.63, 3.8) is 0 Å². The van der Waals surface area contributed by atoms with Gasteiger partial charge in [-0.1, -0.05) is 30.0 Å². The van der Waals surface area contributed by atoms with E-state index in [1.807, 2.05) is 30.3 Å². The van der Waals surface area contributed by atoms with E-state index in [1.165, 1.54) is 23.3 Å². The first-order valence-corrected chi connectivity index (χ1v) is 9.88. The van der Waals surface area contributed by atoms with Gasteiger partial charge >= 0.3 is 0 Å². The number of hydrogen-bond acceptors (Lipinski definition) is 5. The number of aliphatic imine (C=N–C) groups is 1. The number of thiophene rings is 1. The van der Waals surface area contributed by atoms with Crippen LogP contribution >= 0.6 is 23.1 Å². The first-order valence-electron chi connectivity index (χ1n) is 8.25. The number of hydrogen-bond donors (Lipinski definition) is 0. The van der Waals surface area contributed by atoms with E-state index in [-0.39, 0.29) is 0 Å². The number of fused-ring (bicyclic) bond motifs is 1.